The van der Waals surface area contributed by atoms with E-state index in [9.17, 15) is 17.2 Å². The van der Waals surface area contributed by atoms with Crippen molar-refractivity contribution < 1.29 is 17.2 Å². The van der Waals surface area contributed by atoms with Crippen molar-refractivity contribution in [1.82, 2.24) is 10.0 Å². The summed E-state index contributed by atoms with van der Waals surface area (Å²) in [6, 6.07) is 1.64. The molecule has 4 nitrogen and oxygen atoms in total. The molecule has 1 unspecified atom stereocenters. The van der Waals surface area contributed by atoms with Crippen LogP contribution in [0.5, 0.6) is 0 Å². The molecule has 0 aliphatic carbocycles. The molecule has 0 spiro atoms. The van der Waals surface area contributed by atoms with Crippen molar-refractivity contribution >= 4 is 21.8 Å². The molecule has 0 fully saturated rings. The van der Waals surface area contributed by atoms with Gasteiger partial charge < -0.3 is 5.32 Å². The largest absolute Gasteiger partial charge is 0.315 e. The highest BCUT2D eigenvalue weighted by molar-refractivity contribution is 7.98. The summed E-state index contributed by atoms with van der Waals surface area (Å²) in [5.74, 6) is -1.23. The molecule has 0 aliphatic rings. The van der Waals surface area contributed by atoms with Crippen LogP contribution in [0, 0.1) is 11.6 Å². The van der Waals surface area contributed by atoms with Gasteiger partial charge in [0, 0.05) is 23.9 Å². The van der Waals surface area contributed by atoms with Gasteiger partial charge in [-0.2, -0.15) is 11.8 Å². The van der Waals surface area contributed by atoms with Crippen LogP contribution >= 0.6 is 11.8 Å². The van der Waals surface area contributed by atoms with E-state index in [0.29, 0.717) is 12.2 Å². The van der Waals surface area contributed by atoms with Gasteiger partial charge in [-0.1, -0.05) is 6.92 Å². The summed E-state index contributed by atoms with van der Waals surface area (Å²) in [6.45, 7) is 1.76. The molecule has 0 aromatic heterocycles. The lowest BCUT2D eigenvalue weighted by atomic mass is 10.2. The van der Waals surface area contributed by atoms with Gasteiger partial charge >= 0.3 is 0 Å². The van der Waals surface area contributed by atoms with Crippen LogP contribution in [-0.2, 0) is 16.6 Å². The highest BCUT2D eigenvalue weighted by atomic mass is 32.2. The Hall–Kier alpha value is -0.700. The third kappa shape index (κ3) is 4.64. The van der Waals surface area contributed by atoms with Crippen LogP contribution in [0.1, 0.15) is 18.9 Å². The Kier molecular flexibility index (Phi) is 7.05. The molecule has 120 valence electrons. The zero-order valence-electron chi connectivity index (χ0n) is 12.2. The predicted molar refractivity (Wildman–Crippen MR) is 81.9 cm³/mol. The maximum Gasteiger partial charge on any atom is 0.243 e. The minimum Gasteiger partial charge on any atom is -0.315 e. The van der Waals surface area contributed by atoms with Gasteiger partial charge in [0.1, 0.15) is 10.7 Å². The van der Waals surface area contributed by atoms with E-state index in [1.807, 2.05) is 13.2 Å². The van der Waals surface area contributed by atoms with Crippen molar-refractivity contribution in [2.45, 2.75) is 30.8 Å². The molecule has 0 bridgehead atoms. The smallest absolute Gasteiger partial charge is 0.243 e. The first-order valence-electron chi connectivity index (χ1n) is 6.50. The van der Waals surface area contributed by atoms with Crippen LogP contribution in [0.25, 0.3) is 0 Å². The van der Waals surface area contributed by atoms with Gasteiger partial charge in [-0.05, 0) is 31.9 Å². The van der Waals surface area contributed by atoms with Gasteiger partial charge in [0.2, 0.25) is 10.0 Å². The van der Waals surface area contributed by atoms with Crippen LogP contribution in [0.2, 0.25) is 0 Å². The van der Waals surface area contributed by atoms with Crippen molar-refractivity contribution in [3.8, 4) is 0 Å². The van der Waals surface area contributed by atoms with Crippen molar-refractivity contribution in [3.63, 3.8) is 0 Å². The number of halogens is 2. The highest BCUT2D eigenvalue weighted by Gasteiger charge is 2.25. The molecule has 8 heteroatoms. The van der Waals surface area contributed by atoms with E-state index in [1.54, 1.807) is 0 Å². The van der Waals surface area contributed by atoms with E-state index < -0.39 is 26.6 Å². The van der Waals surface area contributed by atoms with E-state index in [1.165, 1.54) is 18.8 Å². The summed E-state index contributed by atoms with van der Waals surface area (Å²) >= 11 is 1.50. The monoisotopic (exact) mass is 338 g/mol. The summed E-state index contributed by atoms with van der Waals surface area (Å²) in [7, 11) is -2.48. The summed E-state index contributed by atoms with van der Waals surface area (Å²) in [6.07, 6.45) is 2.45. The molecule has 0 amide bonds. The van der Waals surface area contributed by atoms with E-state index >= 15 is 0 Å². The van der Waals surface area contributed by atoms with E-state index in [2.05, 4.69) is 10.0 Å². The summed E-state index contributed by atoms with van der Waals surface area (Å²) in [5, 5.41) is 2.62. The summed E-state index contributed by atoms with van der Waals surface area (Å²) < 4.78 is 54.8. The molecule has 0 radical (unpaired) electrons. The van der Waals surface area contributed by atoms with Crippen molar-refractivity contribution in [3.05, 3.63) is 29.3 Å². The Morgan fingerprint density at radius 3 is 2.52 bits per heavy atom. The number of nitrogens with one attached hydrogen (secondary N) is 2. The molecule has 0 saturated heterocycles. The fourth-order valence-electron chi connectivity index (χ4n) is 1.84. The zero-order chi connectivity index (χ0) is 16.0. The number of rotatable bonds is 8. The van der Waals surface area contributed by atoms with Gasteiger partial charge in [-0.15, -0.1) is 0 Å². The Morgan fingerprint density at radius 2 is 2.00 bits per heavy atom. The van der Waals surface area contributed by atoms with Crippen molar-refractivity contribution in [2.24, 2.45) is 0 Å². The minimum absolute atomic E-state index is 0.0803. The van der Waals surface area contributed by atoms with Crippen molar-refractivity contribution in [1.29, 1.82) is 0 Å². The van der Waals surface area contributed by atoms with Crippen LogP contribution < -0.4 is 10.0 Å². The third-order valence-corrected chi connectivity index (χ3v) is 5.25. The van der Waals surface area contributed by atoms with Gasteiger partial charge in [-0.25, -0.2) is 21.9 Å². The SMILES string of the molecule is CCC(CSC)NS(=O)(=O)c1ccc(F)c(CNC)c1F. The van der Waals surface area contributed by atoms with Gasteiger partial charge in [-0.3, -0.25) is 0 Å². The first kappa shape index (κ1) is 18.3. The standard InChI is InChI=1S/C13H20F2N2O2S2/c1-4-9(8-20-3)17-21(18,19)12-6-5-11(14)10(7-16-2)13(12)15/h5-6,9,16-17H,4,7-8H2,1-3H3. The minimum atomic E-state index is -4.01. The van der Waals surface area contributed by atoms with Crippen LogP contribution in [0.3, 0.4) is 0 Å². The molecule has 1 aromatic carbocycles. The van der Waals surface area contributed by atoms with Gasteiger partial charge in [0.15, 0.2) is 5.82 Å². The quantitative estimate of drug-likeness (QED) is 0.762. The number of sulfonamides is 1. The maximum atomic E-state index is 14.3. The maximum absolute atomic E-state index is 14.3. The summed E-state index contributed by atoms with van der Waals surface area (Å²) in [4.78, 5) is -0.520. The first-order chi connectivity index (χ1) is 9.87. The lowest BCUT2D eigenvalue weighted by molar-refractivity contribution is 0.513. The predicted octanol–water partition coefficient (Wildman–Crippen LogP) is 2.10. The van der Waals surface area contributed by atoms with Crippen molar-refractivity contribution in [2.75, 3.05) is 19.1 Å². The molecular weight excluding hydrogens is 318 g/mol. The summed E-state index contributed by atoms with van der Waals surface area (Å²) in [5.41, 5.74) is -0.279. The molecule has 2 N–H and O–H groups in total. The van der Waals surface area contributed by atoms with E-state index in [0.717, 1.165) is 12.1 Å². The fourth-order valence-corrected chi connectivity index (χ4v) is 4.09. The fraction of sp³-hybridized carbons (Fsp3) is 0.538. The normalized spacial score (nSPS) is 13.4. The zero-order valence-corrected chi connectivity index (χ0v) is 13.9. The van der Waals surface area contributed by atoms with E-state index in [-0.39, 0.29) is 18.2 Å². The Labute approximate surface area is 128 Å². The lowest BCUT2D eigenvalue weighted by Crippen LogP contribution is -2.36. The molecule has 1 aromatic rings. The third-order valence-electron chi connectivity index (χ3n) is 2.98. The van der Waals surface area contributed by atoms with Gasteiger partial charge in [0.25, 0.3) is 0 Å². The lowest BCUT2D eigenvalue weighted by Gasteiger charge is -2.17. The molecule has 0 heterocycles. The second kappa shape index (κ2) is 8.07. The topological polar surface area (TPSA) is 58.2 Å². The van der Waals surface area contributed by atoms with Crippen LogP contribution in [0.4, 0.5) is 8.78 Å². The van der Waals surface area contributed by atoms with Gasteiger partial charge in [0.05, 0.1) is 0 Å². The van der Waals surface area contributed by atoms with E-state index in [4.69, 9.17) is 0 Å². The second-order valence-electron chi connectivity index (χ2n) is 4.55. The second-order valence-corrected chi connectivity index (χ2v) is 7.14. The average molecular weight is 338 g/mol. The number of benzene rings is 1. The molecule has 21 heavy (non-hydrogen) atoms. The molecule has 0 saturated carbocycles. The highest BCUT2D eigenvalue weighted by Crippen LogP contribution is 2.21. The first-order valence-corrected chi connectivity index (χ1v) is 9.37. The van der Waals surface area contributed by atoms with Crippen LogP contribution in [-0.4, -0.2) is 33.5 Å². The van der Waals surface area contributed by atoms with Crippen LogP contribution in [0.15, 0.2) is 17.0 Å². The number of thioether (sulfide) groups is 1. The number of hydrogen-bond acceptors (Lipinski definition) is 4. The molecular formula is C13H20F2N2O2S2. The number of hydrogen-bond donors (Lipinski definition) is 2. The molecule has 1 rings (SSSR count). The average Bonchev–Trinajstić information content (AvgIpc) is 2.42. The Morgan fingerprint density at radius 1 is 1.33 bits per heavy atom. The Balaban J connectivity index is 3.17. The Bertz CT molecular complexity index is 580. The molecule has 0 aliphatic heterocycles. The molecule has 1 atom stereocenters.